The number of carbonyl (C=O) groups is 2. The van der Waals surface area contributed by atoms with Crippen LogP contribution in [0.1, 0.15) is 43.0 Å². The molecule has 2 aromatic rings. The number of nitrogens with zero attached hydrogens (tertiary/aromatic N) is 2. The zero-order valence-electron chi connectivity index (χ0n) is 15.9. The fourth-order valence-electron chi connectivity index (χ4n) is 3.91. The molecule has 1 aliphatic heterocycles. The van der Waals surface area contributed by atoms with Crippen LogP contribution >= 0.6 is 0 Å². The lowest BCUT2D eigenvalue weighted by Gasteiger charge is -2.29. The summed E-state index contributed by atoms with van der Waals surface area (Å²) in [6.45, 7) is 3.51. The number of carbonyl (C=O) groups excluding carboxylic acids is 2. The molecule has 144 valence electrons. The SMILES string of the molecule is CC1(C)N=C(c2ccc(F)cc2)C(=O)N1CC(=O)NC1CCc2ccccc21. The third-order valence-electron chi connectivity index (χ3n) is 5.38. The Labute approximate surface area is 163 Å². The van der Waals surface area contributed by atoms with Crippen molar-refractivity contribution in [3.05, 3.63) is 71.0 Å². The number of fused-ring (bicyclic) bond motifs is 1. The predicted octanol–water partition coefficient (Wildman–Crippen LogP) is 3.00. The van der Waals surface area contributed by atoms with E-state index in [2.05, 4.69) is 16.4 Å². The summed E-state index contributed by atoms with van der Waals surface area (Å²) in [4.78, 5) is 31.5. The molecule has 4 rings (SSSR count). The van der Waals surface area contributed by atoms with Crippen LogP contribution in [0, 0.1) is 5.82 Å². The summed E-state index contributed by atoms with van der Waals surface area (Å²) in [5.41, 5.74) is 2.36. The van der Waals surface area contributed by atoms with Crippen LogP contribution in [0.3, 0.4) is 0 Å². The average molecular weight is 379 g/mol. The summed E-state index contributed by atoms with van der Waals surface area (Å²) in [6, 6.07) is 13.7. The number of halogens is 1. The molecule has 0 aromatic heterocycles. The first-order valence-corrected chi connectivity index (χ1v) is 9.40. The maximum absolute atomic E-state index is 13.2. The van der Waals surface area contributed by atoms with E-state index in [1.165, 1.54) is 34.7 Å². The van der Waals surface area contributed by atoms with E-state index in [9.17, 15) is 14.0 Å². The van der Waals surface area contributed by atoms with Crippen molar-refractivity contribution in [1.29, 1.82) is 0 Å². The van der Waals surface area contributed by atoms with Gasteiger partial charge in [-0.25, -0.2) is 4.39 Å². The summed E-state index contributed by atoms with van der Waals surface area (Å²) >= 11 is 0. The van der Waals surface area contributed by atoms with Crippen LogP contribution in [-0.4, -0.2) is 34.6 Å². The Morgan fingerprint density at radius 2 is 1.93 bits per heavy atom. The second-order valence-electron chi connectivity index (χ2n) is 7.71. The van der Waals surface area contributed by atoms with Crippen LogP contribution in [0.25, 0.3) is 0 Å². The Kier molecular flexibility index (Phi) is 4.49. The van der Waals surface area contributed by atoms with Gasteiger partial charge in [0.05, 0.1) is 6.04 Å². The first-order chi connectivity index (χ1) is 13.3. The van der Waals surface area contributed by atoms with Crippen molar-refractivity contribution < 1.29 is 14.0 Å². The smallest absolute Gasteiger partial charge is 0.275 e. The highest BCUT2D eigenvalue weighted by molar-refractivity contribution is 6.46. The topological polar surface area (TPSA) is 61.8 Å². The Hall–Kier alpha value is -3.02. The van der Waals surface area contributed by atoms with Gasteiger partial charge in [0.1, 0.15) is 23.7 Å². The van der Waals surface area contributed by atoms with Crippen molar-refractivity contribution >= 4 is 17.5 Å². The molecular weight excluding hydrogens is 357 g/mol. The second-order valence-corrected chi connectivity index (χ2v) is 7.71. The molecule has 1 N–H and O–H groups in total. The monoisotopic (exact) mass is 379 g/mol. The normalized spacial score (nSPS) is 20.1. The van der Waals surface area contributed by atoms with Gasteiger partial charge in [-0.3, -0.25) is 14.6 Å². The van der Waals surface area contributed by atoms with E-state index in [4.69, 9.17) is 0 Å². The summed E-state index contributed by atoms with van der Waals surface area (Å²) < 4.78 is 13.2. The van der Waals surface area contributed by atoms with Gasteiger partial charge in [-0.1, -0.05) is 24.3 Å². The number of amides is 2. The lowest BCUT2D eigenvalue weighted by molar-refractivity contribution is -0.134. The number of rotatable bonds is 4. The summed E-state index contributed by atoms with van der Waals surface area (Å²) in [6.07, 6.45) is 1.80. The van der Waals surface area contributed by atoms with E-state index in [0.29, 0.717) is 5.56 Å². The van der Waals surface area contributed by atoms with Crippen LogP contribution < -0.4 is 5.32 Å². The molecule has 0 fully saturated rings. The molecule has 2 aromatic carbocycles. The van der Waals surface area contributed by atoms with Gasteiger partial charge in [-0.15, -0.1) is 0 Å². The molecule has 0 radical (unpaired) electrons. The van der Waals surface area contributed by atoms with E-state index < -0.39 is 5.66 Å². The highest BCUT2D eigenvalue weighted by Gasteiger charge is 2.41. The first-order valence-electron chi connectivity index (χ1n) is 9.40. The second kappa shape index (κ2) is 6.86. The zero-order chi connectivity index (χ0) is 19.9. The number of benzene rings is 2. The standard InChI is InChI=1S/C22H22FN3O2/c1-22(2)25-20(15-7-10-16(23)11-8-15)21(28)26(22)13-19(27)24-18-12-9-14-5-3-4-6-17(14)18/h3-8,10-11,18H,9,12-13H2,1-2H3,(H,24,27). The first kappa shape index (κ1) is 18.3. The number of nitrogens with one attached hydrogen (secondary N) is 1. The third kappa shape index (κ3) is 3.30. The van der Waals surface area contributed by atoms with E-state index in [1.54, 1.807) is 13.8 Å². The highest BCUT2D eigenvalue weighted by Crippen LogP contribution is 2.31. The summed E-state index contributed by atoms with van der Waals surface area (Å²) in [5.74, 6) is -0.903. The van der Waals surface area contributed by atoms with Gasteiger partial charge in [0.15, 0.2) is 0 Å². The van der Waals surface area contributed by atoms with Gasteiger partial charge in [-0.2, -0.15) is 0 Å². The van der Waals surface area contributed by atoms with Crippen LogP contribution in [0.4, 0.5) is 4.39 Å². The molecule has 1 unspecified atom stereocenters. The Balaban J connectivity index is 1.47. The van der Waals surface area contributed by atoms with Crippen LogP contribution in [0.2, 0.25) is 0 Å². The number of aryl methyl sites for hydroxylation is 1. The van der Waals surface area contributed by atoms with Gasteiger partial charge in [-0.05, 0) is 62.1 Å². The Bertz CT molecular complexity index is 966. The Morgan fingerprint density at radius 3 is 2.68 bits per heavy atom. The molecule has 2 amide bonds. The zero-order valence-corrected chi connectivity index (χ0v) is 15.9. The minimum absolute atomic E-state index is 0.0259. The minimum Gasteiger partial charge on any atom is -0.348 e. The molecule has 0 saturated heterocycles. The lowest BCUT2D eigenvalue weighted by atomic mass is 10.1. The van der Waals surface area contributed by atoms with Crippen LogP contribution in [-0.2, 0) is 16.0 Å². The maximum atomic E-state index is 13.2. The molecule has 2 aliphatic rings. The average Bonchev–Trinajstić information content (AvgIpc) is 3.16. The molecule has 5 nitrogen and oxygen atoms in total. The fourth-order valence-corrected chi connectivity index (χ4v) is 3.91. The van der Waals surface area contributed by atoms with E-state index in [-0.39, 0.29) is 35.9 Å². The fraction of sp³-hybridized carbons (Fsp3) is 0.318. The maximum Gasteiger partial charge on any atom is 0.275 e. The van der Waals surface area contributed by atoms with Crippen molar-refractivity contribution in [1.82, 2.24) is 10.2 Å². The number of aliphatic imine (C=N–C) groups is 1. The van der Waals surface area contributed by atoms with E-state index >= 15 is 0 Å². The lowest BCUT2D eigenvalue weighted by Crippen LogP contribution is -2.48. The largest absolute Gasteiger partial charge is 0.348 e. The van der Waals surface area contributed by atoms with Crippen molar-refractivity contribution in [2.75, 3.05) is 6.54 Å². The molecule has 1 atom stereocenters. The highest BCUT2D eigenvalue weighted by atomic mass is 19.1. The Morgan fingerprint density at radius 1 is 1.21 bits per heavy atom. The number of hydrogen-bond donors (Lipinski definition) is 1. The molecule has 0 saturated carbocycles. The third-order valence-corrected chi connectivity index (χ3v) is 5.38. The summed E-state index contributed by atoms with van der Waals surface area (Å²) in [7, 11) is 0. The molecule has 0 spiro atoms. The number of hydrogen-bond acceptors (Lipinski definition) is 3. The molecular formula is C22H22FN3O2. The van der Waals surface area contributed by atoms with Gasteiger partial charge in [0, 0.05) is 5.56 Å². The molecule has 28 heavy (non-hydrogen) atoms. The van der Waals surface area contributed by atoms with Crippen molar-refractivity contribution in [2.45, 2.75) is 38.4 Å². The molecule has 1 heterocycles. The van der Waals surface area contributed by atoms with E-state index in [1.807, 2.05) is 18.2 Å². The van der Waals surface area contributed by atoms with Crippen LogP contribution in [0.15, 0.2) is 53.5 Å². The quantitative estimate of drug-likeness (QED) is 0.888. The van der Waals surface area contributed by atoms with Gasteiger partial charge in [0.25, 0.3) is 5.91 Å². The molecule has 6 heteroatoms. The van der Waals surface area contributed by atoms with Gasteiger partial charge in [0.2, 0.25) is 5.91 Å². The van der Waals surface area contributed by atoms with Crippen LogP contribution in [0.5, 0.6) is 0 Å². The van der Waals surface area contributed by atoms with E-state index in [0.717, 1.165) is 18.4 Å². The summed E-state index contributed by atoms with van der Waals surface area (Å²) in [5, 5.41) is 3.05. The molecule has 0 bridgehead atoms. The molecule has 1 aliphatic carbocycles. The van der Waals surface area contributed by atoms with Crippen molar-refractivity contribution in [2.24, 2.45) is 4.99 Å². The van der Waals surface area contributed by atoms with Crippen molar-refractivity contribution in [3.63, 3.8) is 0 Å². The minimum atomic E-state index is -0.842. The van der Waals surface area contributed by atoms with Gasteiger partial charge >= 0.3 is 0 Å². The van der Waals surface area contributed by atoms with Crippen molar-refractivity contribution in [3.8, 4) is 0 Å². The van der Waals surface area contributed by atoms with Gasteiger partial charge < -0.3 is 10.2 Å². The predicted molar refractivity (Wildman–Crippen MR) is 104 cm³/mol.